The molecule has 0 spiro atoms. The summed E-state index contributed by atoms with van der Waals surface area (Å²) in [5.41, 5.74) is 4.68. The van der Waals surface area contributed by atoms with E-state index in [1.54, 1.807) is 19.1 Å². The van der Waals surface area contributed by atoms with Gasteiger partial charge in [-0.2, -0.15) is 5.26 Å². The number of likely N-dealkylation sites (tertiary alicyclic amines) is 1. The minimum atomic E-state index is -0.659. The summed E-state index contributed by atoms with van der Waals surface area (Å²) in [5.74, 6) is -0.541. The first-order chi connectivity index (χ1) is 15.4. The lowest BCUT2D eigenvalue weighted by molar-refractivity contribution is 0.0534. The van der Waals surface area contributed by atoms with Crippen LogP contribution in [0.3, 0.4) is 0 Å². The number of aliphatic hydroxyl groups is 1. The standard InChI is InChI=1S/C24H26N4O4/c1-14-9-21(26-11-16(14)10-25)23(30)27-17-5-7-28(8-6-17)12-22(29)18-3-4-19-20(15(18)2)13-32-24(19)31/h3-4,9,11,17,22,29H,5-8,12-13H2,1-2H3,(H,27,30)/t22-/m0/s1. The molecular weight excluding hydrogens is 408 g/mol. The van der Waals surface area contributed by atoms with E-state index in [9.17, 15) is 14.7 Å². The quantitative estimate of drug-likeness (QED) is 0.693. The molecule has 1 saturated heterocycles. The first kappa shape index (κ1) is 21.9. The Kier molecular flexibility index (Phi) is 6.21. The number of carbonyl (C=O) groups excluding carboxylic acids is 2. The molecule has 2 N–H and O–H groups in total. The number of β-amino-alcohol motifs (C(OH)–C–C–N with tert-alkyl or cyclic N) is 1. The first-order valence-electron chi connectivity index (χ1n) is 10.7. The predicted molar refractivity (Wildman–Crippen MR) is 116 cm³/mol. The van der Waals surface area contributed by atoms with Gasteiger partial charge < -0.3 is 20.1 Å². The Balaban J connectivity index is 1.31. The van der Waals surface area contributed by atoms with Crippen molar-refractivity contribution in [2.24, 2.45) is 0 Å². The van der Waals surface area contributed by atoms with Crippen LogP contribution < -0.4 is 5.32 Å². The number of aromatic nitrogens is 1. The van der Waals surface area contributed by atoms with Gasteiger partial charge in [0.1, 0.15) is 18.4 Å². The first-order valence-corrected chi connectivity index (χ1v) is 10.7. The molecule has 0 bridgehead atoms. The van der Waals surface area contributed by atoms with Crippen LogP contribution in [-0.4, -0.2) is 52.5 Å². The number of nitrogens with one attached hydrogen (secondary N) is 1. The van der Waals surface area contributed by atoms with E-state index in [0.29, 0.717) is 23.4 Å². The number of amides is 1. The number of carbonyl (C=O) groups is 2. The highest BCUT2D eigenvalue weighted by molar-refractivity contribution is 5.94. The van der Waals surface area contributed by atoms with Crippen molar-refractivity contribution in [3.05, 3.63) is 63.5 Å². The molecule has 1 aromatic heterocycles. The van der Waals surface area contributed by atoms with Crippen molar-refractivity contribution in [2.45, 2.75) is 45.4 Å². The van der Waals surface area contributed by atoms with E-state index >= 15 is 0 Å². The Morgan fingerprint density at radius 2 is 2.12 bits per heavy atom. The molecule has 0 radical (unpaired) electrons. The minimum Gasteiger partial charge on any atom is -0.457 e. The number of pyridine rings is 1. The number of esters is 1. The zero-order valence-corrected chi connectivity index (χ0v) is 18.2. The van der Waals surface area contributed by atoms with Crippen molar-refractivity contribution in [3.63, 3.8) is 0 Å². The molecule has 8 heteroatoms. The third kappa shape index (κ3) is 4.35. The Labute approximate surface area is 186 Å². The highest BCUT2D eigenvalue weighted by atomic mass is 16.5. The lowest BCUT2D eigenvalue weighted by Gasteiger charge is -2.33. The zero-order chi connectivity index (χ0) is 22.8. The van der Waals surface area contributed by atoms with Gasteiger partial charge in [0.05, 0.1) is 17.2 Å². The molecule has 0 aliphatic carbocycles. The maximum absolute atomic E-state index is 12.5. The van der Waals surface area contributed by atoms with Gasteiger partial charge in [0.2, 0.25) is 0 Å². The van der Waals surface area contributed by atoms with Crippen molar-refractivity contribution < 1.29 is 19.4 Å². The van der Waals surface area contributed by atoms with Crippen molar-refractivity contribution >= 4 is 11.9 Å². The summed E-state index contributed by atoms with van der Waals surface area (Å²) < 4.78 is 5.10. The molecular formula is C24H26N4O4. The number of rotatable bonds is 5. The summed E-state index contributed by atoms with van der Waals surface area (Å²) in [6, 6.07) is 7.27. The summed E-state index contributed by atoms with van der Waals surface area (Å²) in [5, 5.41) is 22.8. The average molecular weight is 434 g/mol. The second kappa shape index (κ2) is 9.07. The molecule has 8 nitrogen and oxygen atoms in total. The highest BCUT2D eigenvalue weighted by Crippen LogP contribution is 2.29. The van der Waals surface area contributed by atoms with Gasteiger partial charge in [-0.05, 0) is 55.5 Å². The van der Waals surface area contributed by atoms with E-state index in [4.69, 9.17) is 10.00 Å². The number of aryl methyl sites for hydroxylation is 1. The summed E-state index contributed by atoms with van der Waals surface area (Å²) in [6.45, 7) is 5.97. The molecule has 32 heavy (non-hydrogen) atoms. The normalized spacial score (nSPS) is 17.4. The number of nitriles is 1. The van der Waals surface area contributed by atoms with Gasteiger partial charge >= 0.3 is 5.97 Å². The third-order valence-electron chi connectivity index (χ3n) is 6.38. The van der Waals surface area contributed by atoms with E-state index in [1.165, 1.54) is 6.20 Å². The molecule has 166 valence electrons. The molecule has 1 aromatic carbocycles. The fourth-order valence-corrected chi connectivity index (χ4v) is 4.39. The van der Waals surface area contributed by atoms with Gasteiger partial charge in [0.15, 0.2) is 0 Å². The Bertz CT molecular complexity index is 1100. The summed E-state index contributed by atoms with van der Waals surface area (Å²) in [4.78, 5) is 30.5. The molecule has 0 saturated carbocycles. The number of aliphatic hydroxyl groups excluding tert-OH is 1. The second-order valence-electron chi connectivity index (χ2n) is 8.44. The minimum absolute atomic E-state index is 0.0403. The van der Waals surface area contributed by atoms with Crippen molar-refractivity contribution in [3.8, 4) is 6.07 Å². The van der Waals surface area contributed by atoms with Gasteiger partial charge in [-0.15, -0.1) is 0 Å². The van der Waals surface area contributed by atoms with Crippen LogP contribution in [0.4, 0.5) is 0 Å². The molecule has 3 heterocycles. The number of cyclic esters (lactones) is 1. The number of hydrogen-bond donors (Lipinski definition) is 2. The van der Waals surface area contributed by atoms with Gasteiger partial charge in [-0.1, -0.05) is 6.07 Å². The van der Waals surface area contributed by atoms with Gasteiger partial charge in [0, 0.05) is 37.4 Å². The predicted octanol–water partition coefficient (Wildman–Crippen LogP) is 2.17. The Morgan fingerprint density at radius 3 is 2.81 bits per heavy atom. The molecule has 0 unspecified atom stereocenters. The summed E-state index contributed by atoms with van der Waals surface area (Å²) in [7, 11) is 0. The van der Waals surface area contributed by atoms with Gasteiger partial charge in [-0.25, -0.2) is 9.78 Å². The Hall–Kier alpha value is -3.28. The summed E-state index contributed by atoms with van der Waals surface area (Å²) in [6.07, 6.45) is 2.32. The maximum atomic E-state index is 12.5. The van der Waals surface area contributed by atoms with Crippen LogP contribution in [0, 0.1) is 25.2 Å². The van der Waals surface area contributed by atoms with E-state index in [-0.39, 0.29) is 24.5 Å². The Morgan fingerprint density at radius 1 is 1.38 bits per heavy atom. The molecule has 1 fully saturated rings. The number of nitrogens with zero attached hydrogens (tertiary/aromatic N) is 3. The topological polar surface area (TPSA) is 116 Å². The smallest absolute Gasteiger partial charge is 0.338 e. The van der Waals surface area contributed by atoms with Crippen molar-refractivity contribution in [1.82, 2.24) is 15.2 Å². The van der Waals surface area contributed by atoms with Gasteiger partial charge in [0.25, 0.3) is 5.91 Å². The maximum Gasteiger partial charge on any atom is 0.338 e. The van der Waals surface area contributed by atoms with Crippen LogP contribution in [0.5, 0.6) is 0 Å². The van der Waals surface area contributed by atoms with Gasteiger partial charge in [-0.3, -0.25) is 4.79 Å². The largest absolute Gasteiger partial charge is 0.457 e. The fourth-order valence-electron chi connectivity index (χ4n) is 4.39. The van der Waals surface area contributed by atoms with Crippen LogP contribution in [0.25, 0.3) is 0 Å². The van der Waals surface area contributed by atoms with E-state index in [2.05, 4.69) is 21.3 Å². The molecule has 1 amide bonds. The lowest BCUT2D eigenvalue weighted by atomic mass is 9.94. The van der Waals surface area contributed by atoms with Crippen LogP contribution in [-0.2, 0) is 11.3 Å². The number of benzene rings is 1. The zero-order valence-electron chi connectivity index (χ0n) is 18.2. The average Bonchev–Trinajstić information content (AvgIpc) is 3.16. The third-order valence-corrected chi connectivity index (χ3v) is 6.38. The SMILES string of the molecule is Cc1cc(C(=O)NC2CCN(C[C@H](O)c3ccc4c(c3C)COC4=O)CC2)ncc1C#N. The van der Waals surface area contributed by atoms with Crippen LogP contribution >= 0.6 is 0 Å². The van der Waals surface area contributed by atoms with Crippen LogP contribution in [0.15, 0.2) is 24.4 Å². The van der Waals surface area contributed by atoms with Crippen LogP contribution in [0.1, 0.15) is 67.6 Å². The molecule has 1 atom stereocenters. The number of hydrogen-bond acceptors (Lipinski definition) is 7. The molecule has 2 aromatic rings. The lowest BCUT2D eigenvalue weighted by Crippen LogP contribution is -2.45. The number of piperidine rings is 1. The van der Waals surface area contributed by atoms with E-state index in [0.717, 1.165) is 48.2 Å². The van der Waals surface area contributed by atoms with E-state index < -0.39 is 6.10 Å². The molecule has 4 rings (SSSR count). The molecule has 2 aliphatic heterocycles. The van der Waals surface area contributed by atoms with E-state index in [1.807, 2.05) is 13.0 Å². The number of ether oxygens (including phenoxy) is 1. The van der Waals surface area contributed by atoms with Crippen molar-refractivity contribution in [1.29, 1.82) is 5.26 Å². The highest BCUT2D eigenvalue weighted by Gasteiger charge is 2.28. The van der Waals surface area contributed by atoms with Crippen LogP contribution in [0.2, 0.25) is 0 Å². The number of fused-ring (bicyclic) bond motifs is 1. The van der Waals surface area contributed by atoms with Crippen molar-refractivity contribution in [2.75, 3.05) is 19.6 Å². The second-order valence-corrected chi connectivity index (χ2v) is 8.44. The monoisotopic (exact) mass is 434 g/mol. The molecule has 2 aliphatic rings. The fraction of sp³-hybridized carbons (Fsp3) is 0.417. The summed E-state index contributed by atoms with van der Waals surface area (Å²) >= 11 is 0.